The van der Waals surface area contributed by atoms with Gasteiger partial charge in [0.2, 0.25) is 7.28 Å². The fraction of sp³-hybridized carbons (Fsp3) is 0.682. The molecule has 0 spiro atoms. The van der Waals surface area contributed by atoms with Gasteiger partial charge >= 0.3 is 0 Å². The van der Waals surface area contributed by atoms with Crippen LogP contribution in [-0.4, -0.2) is 29.0 Å². The molecule has 0 unspecified atom stereocenters. The normalized spacial score (nSPS) is 17.7. The van der Waals surface area contributed by atoms with E-state index in [4.69, 9.17) is 0 Å². The van der Waals surface area contributed by atoms with Crippen molar-refractivity contribution in [3.8, 4) is 0 Å². The highest BCUT2D eigenvalue weighted by Gasteiger charge is 2.30. The second kappa shape index (κ2) is 8.67. The Morgan fingerprint density at radius 1 is 1.14 bits per heavy atom. The van der Waals surface area contributed by atoms with Crippen molar-refractivity contribution in [3.05, 3.63) is 33.2 Å². The lowest BCUT2D eigenvalue weighted by molar-refractivity contribution is -0.116. The van der Waals surface area contributed by atoms with Crippen LogP contribution in [0.1, 0.15) is 80.4 Å². The summed E-state index contributed by atoms with van der Waals surface area (Å²) in [5.41, 5.74) is 1.24. The minimum atomic E-state index is -0.970. The van der Waals surface area contributed by atoms with Crippen molar-refractivity contribution in [2.24, 2.45) is 5.92 Å². The van der Waals surface area contributed by atoms with Gasteiger partial charge in [0.1, 0.15) is 11.2 Å². The number of hydrogen-bond donors (Lipinski definition) is 1. The van der Waals surface area contributed by atoms with Crippen LogP contribution in [0.3, 0.4) is 0 Å². The van der Waals surface area contributed by atoms with Crippen LogP contribution < -0.4 is 10.9 Å². The summed E-state index contributed by atoms with van der Waals surface area (Å²) in [5, 5.41) is 2.80. The highest BCUT2D eigenvalue weighted by atomic mass is 16.2. The van der Waals surface area contributed by atoms with E-state index in [1.165, 1.54) is 19.3 Å². The van der Waals surface area contributed by atoms with Crippen LogP contribution in [-0.2, 0) is 24.2 Å². The predicted octanol–water partition coefficient (Wildman–Crippen LogP) is 2.83. The fourth-order valence-corrected chi connectivity index (χ4v) is 4.73. The molecule has 3 rings (SSSR count). The first-order valence-electron chi connectivity index (χ1n) is 10.9. The number of carbonyl (C=O) groups is 2. The largest absolute Gasteiger partial charge is 0.341 e. The molecule has 2 aliphatic rings. The summed E-state index contributed by atoms with van der Waals surface area (Å²) >= 11 is 0. The van der Waals surface area contributed by atoms with E-state index in [-0.39, 0.29) is 16.8 Å². The lowest BCUT2D eigenvalue weighted by Crippen LogP contribution is -2.52. The Hall–Kier alpha value is -1.85. The average molecular weight is 384 g/mol. The van der Waals surface area contributed by atoms with Crippen LogP contribution in [0.25, 0.3) is 0 Å². The number of carbonyl (C=O) groups excluding carboxylic acids is 2. The molecule has 1 amide bonds. The number of nitrogens with zero attached hydrogens (tertiary/aromatic N) is 1. The SMILES string of the molecule is CBC(=O)C(C)(C)NC(=O)c1cc2c(n(CC3CCCCC3)c1=O)CCCC2. The minimum absolute atomic E-state index is 0.0404. The first-order valence-corrected chi connectivity index (χ1v) is 10.9. The molecular formula is C22H33BN2O3. The van der Waals surface area contributed by atoms with Crippen LogP contribution in [0, 0.1) is 5.92 Å². The van der Waals surface area contributed by atoms with E-state index >= 15 is 0 Å². The quantitative estimate of drug-likeness (QED) is 0.767. The molecule has 0 aliphatic heterocycles. The van der Waals surface area contributed by atoms with E-state index in [9.17, 15) is 14.4 Å². The van der Waals surface area contributed by atoms with Crippen LogP contribution in [0.15, 0.2) is 10.9 Å². The van der Waals surface area contributed by atoms with Gasteiger partial charge in [0.05, 0.1) is 5.54 Å². The summed E-state index contributed by atoms with van der Waals surface area (Å²) in [6.07, 6.45) is 10.1. The molecule has 1 N–H and O–H groups in total. The number of hydrogen-bond acceptors (Lipinski definition) is 3. The van der Waals surface area contributed by atoms with Crippen molar-refractivity contribution in [2.45, 2.75) is 90.5 Å². The smallest absolute Gasteiger partial charge is 0.263 e. The van der Waals surface area contributed by atoms with Crippen LogP contribution in [0.2, 0.25) is 6.82 Å². The Balaban J connectivity index is 1.95. The van der Waals surface area contributed by atoms with E-state index in [0.717, 1.165) is 56.3 Å². The summed E-state index contributed by atoms with van der Waals surface area (Å²) in [5.74, 6) is 0.0939. The molecule has 0 radical (unpaired) electrons. The molecular weight excluding hydrogens is 351 g/mol. The molecule has 1 aromatic rings. The minimum Gasteiger partial charge on any atom is -0.341 e. The number of nitrogens with one attached hydrogen (secondary N) is 1. The van der Waals surface area contributed by atoms with Gasteiger partial charge in [-0.3, -0.25) is 9.59 Å². The molecule has 0 saturated heterocycles. The second-order valence-corrected chi connectivity index (χ2v) is 9.01. The third-order valence-electron chi connectivity index (χ3n) is 6.45. The molecule has 1 heterocycles. The number of fused-ring (bicyclic) bond motifs is 1. The van der Waals surface area contributed by atoms with Gasteiger partial charge in [-0.1, -0.05) is 26.1 Å². The maximum absolute atomic E-state index is 13.3. The summed E-state index contributed by atoms with van der Waals surface area (Å²) < 4.78 is 1.90. The molecule has 152 valence electrons. The number of rotatable bonds is 6. The Labute approximate surface area is 168 Å². The zero-order valence-corrected chi connectivity index (χ0v) is 17.6. The second-order valence-electron chi connectivity index (χ2n) is 9.01. The van der Waals surface area contributed by atoms with Crippen molar-refractivity contribution in [3.63, 3.8) is 0 Å². The Kier molecular flexibility index (Phi) is 6.46. The van der Waals surface area contributed by atoms with E-state index in [0.29, 0.717) is 13.2 Å². The zero-order valence-electron chi connectivity index (χ0n) is 17.6. The number of aromatic nitrogens is 1. The fourth-order valence-electron chi connectivity index (χ4n) is 4.73. The summed E-state index contributed by atoms with van der Waals surface area (Å²) in [6.45, 7) is 5.91. The molecule has 0 bridgehead atoms. The molecule has 6 heteroatoms. The third-order valence-corrected chi connectivity index (χ3v) is 6.45. The number of aryl methyl sites for hydroxylation is 1. The van der Waals surface area contributed by atoms with Gasteiger partial charge in [-0.05, 0) is 69.9 Å². The first kappa shape index (κ1) is 20.9. The van der Waals surface area contributed by atoms with E-state index in [2.05, 4.69) is 5.32 Å². The highest BCUT2D eigenvalue weighted by molar-refractivity contribution is 6.74. The summed E-state index contributed by atoms with van der Waals surface area (Å²) in [6, 6.07) is 1.79. The average Bonchev–Trinajstić information content (AvgIpc) is 2.69. The van der Waals surface area contributed by atoms with Crippen molar-refractivity contribution in [2.75, 3.05) is 0 Å². The molecule has 0 aromatic carbocycles. The molecule has 0 atom stereocenters. The van der Waals surface area contributed by atoms with Gasteiger partial charge in [0.25, 0.3) is 11.5 Å². The molecule has 2 aliphatic carbocycles. The Morgan fingerprint density at radius 2 is 1.82 bits per heavy atom. The summed E-state index contributed by atoms with van der Waals surface area (Å²) in [4.78, 5) is 38.4. The molecule has 28 heavy (non-hydrogen) atoms. The lowest BCUT2D eigenvalue weighted by atomic mass is 9.68. The number of amides is 1. The van der Waals surface area contributed by atoms with Gasteiger partial charge in [-0.2, -0.15) is 0 Å². The molecule has 1 saturated carbocycles. The van der Waals surface area contributed by atoms with Crippen molar-refractivity contribution >= 4 is 18.9 Å². The standard InChI is InChI=1S/C22H33BN2O3/c1-22(2,21(28)23-3)24-19(26)17-13-16-11-7-8-12-18(16)25(20(17)27)14-15-9-5-4-6-10-15/h13,15,23H,4-12,14H2,1-3H3,(H,24,26). The third kappa shape index (κ3) is 4.42. The lowest BCUT2D eigenvalue weighted by Gasteiger charge is -2.28. The van der Waals surface area contributed by atoms with Gasteiger partial charge in [0.15, 0.2) is 0 Å². The Bertz CT molecular complexity index is 807. The number of pyridine rings is 1. The van der Waals surface area contributed by atoms with Crippen LogP contribution >= 0.6 is 0 Å². The topological polar surface area (TPSA) is 68.2 Å². The van der Waals surface area contributed by atoms with Crippen LogP contribution in [0.4, 0.5) is 0 Å². The maximum atomic E-state index is 13.3. The summed E-state index contributed by atoms with van der Waals surface area (Å²) in [7, 11) is 0.351. The molecule has 1 aromatic heterocycles. The van der Waals surface area contributed by atoms with E-state index in [1.807, 2.05) is 4.57 Å². The van der Waals surface area contributed by atoms with Gasteiger partial charge in [-0.25, -0.2) is 0 Å². The molecule has 1 fully saturated rings. The van der Waals surface area contributed by atoms with Gasteiger partial charge < -0.3 is 14.7 Å². The van der Waals surface area contributed by atoms with E-state index in [1.54, 1.807) is 26.7 Å². The first-order chi connectivity index (χ1) is 13.3. The zero-order chi connectivity index (χ0) is 20.3. The van der Waals surface area contributed by atoms with Crippen molar-refractivity contribution in [1.29, 1.82) is 0 Å². The van der Waals surface area contributed by atoms with Gasteiger partial charge in [0, 0.05) is 12.2 Å². The predicted molar refractivity (Wildman–Crippen MR) is 113 cm³/mol. The Morgan fingerprint density at radius 3 is 2.50 bits per heavy atom. The molecule has 5 nitrogen and oxygen atoms in total. The maximum Gasteiger partial charge on any atom is 0.263 e. The van der Waals surface area contributed by atoms with E-state index < -0.39 is 11.4 Å². The highest BCUT2D eigenvalue weighted by Crippen LogP contribution is 2.27. The monoisotopic (exact) mass is 384 g/mol. The van der Waals surface area contributed by atoms with Crippen molar-refractivity contribution in [1.82, 2.24) is 9.88 Å². The van der Waals surface area contributed by atoms with Gasteiger partial charge in [-0.15, -0.1) is 0 Å². The van der Waals surface area contributed by atoms with Crippen molar-refractivity contribution < 1.29 is 9.59 Å². The van der Waals surface area contributed by atoms with Crippen LogP contribution in [0.5, 0.6) is 0 Å².